The second-order valence-electron chi connectivity index (χ2n) is 2.10. The Bertz CT molecular complexity index is 120. The van der Waals surface area contributed by atoms with Crippen molar-refractivity contribution in [1.29, 1.82) is 0 Å². The van der Waals surface area contributed by atoms with Crippen LogP contribution < -0.4 is 0 Å². The van der Waals surface area contributed by atoms with Crippen molar-refractivity contribution in [2.24, 2.45) is 0 Å². The minimum atomic E-state index is 1.02. The van der Waals surface area contributed by atoms with Gasteiger partial charge in [-0.15, -0.1) is 0 Å². The monoisotopic (exact) mass is 136 g/mol. The van der Waals surface area contributed by atoms with Gasteiger partial charge in [-0.1, -0.05) is 49.6 Å². The van der Waals surface area contributed by atoms with E-state index < -0.39 is 0 Å². The van der Waals surface area contributed by atoms with E-state index in [9.17, 15) is 0 Å². The van der Waals surface area contributed by atoms with Gasteiger partial charge in [0.05, 0.1) is 0 Å². The quantitative estimate of drug-likeness (QED) is 0.510. The van der Waals surface area contributed by atoms with Gasteiger partial charge in [-0.3, -0.25) is 0 Å². The molecule has 0 bridgehead atoms. The SMILES string of the molecule is C=CC(=C)C.C=CC(=C)C. The van der Waals surface area contributed by atoms with Crippen molar-refractivity contribution in [3.8, 4) is 0 Å². The molecule has 0 amide bonds. The molecule has 0 aliphatic carbocycles. The lowest BCUT2D eigenvalue weighted by Gasteiger charge is -1.71. The molecule has 0 rings (SSSR count). The first-order valence-electron chi connectivity index (χ1n) is 3.10. The molecular weight excluding hydrogens is 120 g/mol. The van der Waals surface area contributed by atoms with Crippen molar-refractivity contribution < 1.29 is 0 Å². The average molecular weight is 136 g/mol. The van der Waals surface area contributed by atoms with Gasteiger partial charge in [-0.2, -0.15) is 0 Å². The zero-order valence-corrected chi connectivity index (χ0v) is 6.98. The molecule has 0 atom stereocenters. The highest BCUT2D eigenvalue weighted by molar-refractivity contribution is 5.06. The summed E-state index contributed by atoms with van der Waals surface area (Å²) in [4.78, 5) is 0. The Morgan fingerprint density at radius 3 is 1.00 bits per heavy atom. The van der Waals surface area contributed by atoms with Gasteiger partial charge < -0.3 is 0 Å². The van der Waals surface area contributed by atoms with Crippen molar-refractivity contribution in [2.75, 3.05) is 0 Å². The Morgan fingerprint density at radius 1 is 0.900 bits per heavy atom. The summed E-state index contributed by atoms with van der Waals surface area (Å²) in [6.45, 7) is 17.9. The average Bonchev–Trinajstić information content (AvgIpc) is 1.89. The second-order valence-corrected chi connectivity index (χ2v) is 2.10. The van der Waals surface area contributed by atoms with Crippen LogP contribution in [0.1, 0.15) is 13.8 Å². The Balaban J connectivity index is 0. The summed E-state index contributed by atoms with van der Waals surface area (Å²) in [6.07, 6.45) is 3.44. The van der Waals surface area contributed by atoms with Crippen LogP contribution in [0.15, 0.2) is 49.6 Å². The summed E-state index contributed by atoms with van der Waals surface area (Å²) in [6, 6.07) is 0. The minimum absolute atomic E-state index is 1.02. The molecule has 0 spiro atoms. The van der Waals surface area contributed by atoms with Gasteiger partial charge in [0.2, 0.25) is 0 Å². The number of hydrogen-bond donors (Lipinski definition) is 0. The van der Waals surface area contributed by atoms with E-state index in [4.69, 9.17) is 0 Å². The van der Waals surface area contributed by atoms with Crippen LogP contribution in [0.5, 0.6) is 0 Å². The van der Waals surface area contributed by atoms with Crippen LogP contribution in [0.3, 0.4) is 0 Å². The largest absolute Gasteiger partial charge is 0.0988 e. The van der Waals surface area contributed by atoms with E-state index in [2.05, 4.69) is 26.3 Å². The van der Waals surface area contributed by atoms with E-state index in [-0.39, 0.29) is 0 Å². The van der Waals surface area contributed by atoms with Gasteiger partial charge in [-0.05, 0) is 13.8 Å². The van der Waals surface area contributed by atoms with Crippen molar-refractivity contribution in [1.82, 2.24) is 0 Å². The summed E-state index contributed by atoms with van der Waals surface area (Å²) >= 11 is 0. The van der Waals surface area contributed by atoms with Gasteiger partial charge in [0.15, 0.2) is 0 Å². The van der Waals surface area contributed by atoms with Crippen molar-refractivity contribution in [2.45, 2.75) is 13.8 Å². The first kappa shape index (κ1) is 11.7. The van der Waals surface area contributed by atoms with E-state index in [0.717, 1.165) is 11.1 Å². The van der Waals surface area contributed by atoms with E-state index in [1.807, 2.05) is 13.8 Å². The van der Waals surface area contributed by atoms with Crippen molar-refractivity contribution in [3.63, 3.8) is 0 Å². The third-order valence-electron chi connectivity index (χ3n) is 0.697. The molecule has 0 nitrogen and oxygen atoms in total. The molecule has 0 fully saturated rings. The predicted molar refractivity (Wildman–Crippen MR) is 50.0 cm³/mol. The molecule has 10 heavy (non-hydrogen) atoms. The first-order chi connectivity index (χ1) is 4.54. The molecule has 0 unspecified atom stereocenters. The molecule has 0 heterocycles. The van der Waals surface area contributed by atoms with E-state index in [0.29, 0.717) is 0 Å². The van der Waals surface area contributed by atoms with E-state index in [1.165, 1.54) is 0 Å². The van der Waals surface area contributed by atoms with Crippen LogP contribution in [0.2, 0.25) is 0 Å². The fraction of sp³-hybridized carbons (Fsp3) is 0.200. The second kappa shape index (κ2) is 7.96. The first-order valence-corrected chi connectivity index (χ1v) is 3.10. The Labute approximate surface area is 64.3 Å². The van der Waals surface area contributed by atoms with Gasteiger partial charge in [0.1, 0.15) is 0 Å². The highest BCUT2D eigenvalue weighted by Crippen LogP contribution is 1.81. The third kappa shape index (κ3) is 28.2. The van der Waals surface area contributed by atoms with Crippen LogP contribution in [0.4, 0.5) is 0 Å². The highest BCUT2D eigenvalue weighted by Gasteiger charge is 1.59. The molecule has 0 saturated carbocycles. The summed E-state index contributed by atoms with van der Waals surface area (Å²) in [5.41, 5.74) is 2.04. The highest BCUT2D eigenvalue weighted by atomic mass is 13.7. The zero-order valence-electron chi connectivity index (χ0n) is 6.98. The lowest BCUT2D eigenvalue weighted by molar-refractivity contribution is 1.58. The normalized spacial score (nSPS) is 6.60. The van der Waals surface area contributed by atoms with E-state index in [1.54, 1.807) is 12.2 Å². The fourth-order valence-corrected chi connectivity index (χ4v) is 0. The summed E-state index contributed by atoms with van der Waals surface area (Å²) in [7, 11) is 0. The molecule has 0 radical (unpaired) electrons. The number of hydrogen-bond acceptors (Lipinski definition) is 0. The van der Waals surface area contributed by atoms with Gasteiger partial charge in [0, 0.05) is 0 Å². The molecule has 56 valence electrons. The smallest absolute Gasteiger partial charge is 0.0404 e. The Morgan fingerprint density at radius 2 is 1.00 bits per heavy atom. The van der Waals surface area contributed by atoms with Gasteiger partial charge in [-0.25, -0.2) is 0 Å². The van der Waals surface area contributed by atoms with Crippen LogP contribution in [0.25, 0.3) is 0 Å². The molecule has 0 aromatic carbocycles. The maximum absolute atomic E-state index is 3.56. The lowest BCUT2D eigenvalue weighted by atomic mass is 10.4. The molecule has 0 aliphatic rings. The van der Waals surface area contributed by atoms with Crippen LogP contribution in [-0.4, -0.2) is 0 Å². The van der Waals surface area contributed by atoms with Crippen LogP contribution in [0, 0.1) is 0 Å². The fourth-order valence-electron chi connectivity index (χ4n) is 0. The van der Waals surface area contributed by atoms with Gasteiger partial charge >= 0.3 is 0 Å². The maximum atomic E-state index is 3.56. The molecule has 0 aromatic heterocycles. The van der Waals surface area contributed by atoms with Crippen molar-refractivity contribution >= 4 is 0 Å². The predicted octanol–water partition coefficient (Wildman–Crippen LogP) is 3.50. The topological polar surface area (TPSA) is 0 Å². The number of rotatable bonds is 2. The van der Waals surface area contributed by atoms with Crippen LogP contribution in [-0.2, 0) is 0 Å². The summed E-state index contributed by atoms with van der Waals surface area (Å²) < 4.78 is 0. The summed E-state index contributed by atoms with van der Waals surface area (Å²) in [5, 5.41) is 0. The molecular formula is C10H16. The van der Waals surface area contributed by atoms with E-state index >= 15 is 0 Å². The van der Waals surface area contributed by atoms with Crippen molar-refractivity contribution in [3.05, 3.63) is 49.6 Å². The molecule has 0 N–H and O–H groups in total. The lowest BCUT2D eigenvalue weighted by Crippen LogP contribution is -1.50. The summed E-state index contributed by atoms with van der Waals surface area (Å²) in [5.74, 6) is 0. The zero-order chi connectivity index (χ0) is 8.57. The van der Waals surface area contributed by atoms with Gasteiger partial charge in [0.25, 0.3) is 0 Å². The molecule has 0 saturated heterocycles. The Hall–Kier alpha value is -1.04. The standard InChI is InChI=1S/2C5H8/c2*1-4-5(2)3/h2*4H,1-2H2,3H3. The molecule has 0 aliphatic heterocycles. The molecule has 0 heteroatoms. The Kier molecular flexibility index (Phi) is 9.33. The minimum Gasteiger partial charge on any atom is -0.0988 e. The molecule has 0 aromatic rings. The maximum Gasteiger partial charge on any atom is -0.0404 e. The number of allylic oxidation sites excluding steroid dienone is 4. The third-order valence-corrected chi connectivity index (χ3v) is 0.697. The van der Waals surface area contributed by atoms with Crippen LogP contribution >= 0.6 is 0 Å².